The first-order valence-electron chi connectivity index (χ1n) is 7.27. The fourth-order valence-corrected chi connectivity index (χ4v) is 2.19. The molecule has 0 unspecified atom stereocenters. The molecule has 0 aliphatic rings. The van der Waals surface area contributed by atoms with Crippen LogP contribution in [0.3, 0.4) is 0 Å². The van der Waals surface area contributed by atoms with Gasteiger partial charge in [-0.2, -0.15) is 0 Å². The molecule has 0 aliphatic heterocycles. The van der Waals surface area contributed by atoms with Gasteiger partial charge in [0.05, 0.1) is 5.71 Å². The predicted octanol–water partition coefficient (Wildman–Crippen LogP) is 4.13. The summed E-state index contributed by atoms with van der Waals surface area (Å²) in [6.45, 7) is 6.14. The van der Waals surface area contributed by atoms with Crippen LogP contribution in [0.25, 0.3) is 0 Å². The van der Waals surface area contributed by atoms with Crippen molar-refractivity contribution in [1.29, 1.82) is 0 Å². The lowest BCUT2D eigenvalue weighted by molar-refractivity contribution is -0.140. The van der Waals surface area contributed by atoms with Gasteiger partial charge < -0.3 is 9.74 Å². The molecule has 2 aromatic carbocycles. The first-order valence-corrected chi connectivity index (χ1v) is 7.27. The SMILES string of the molecule is CCN(c1ccccc1)c1ccc(/C(C)=N\OC(C)=O)cc1. The van der Waals surface area contributed by atoms with Gasteiger partial charge in [-0.1, -0.05) is 35.5 Å². The van der Waals surface area contributed by atoms with E-state index in [0.717, 1.165) is 23.5 Å². The number of rotatable bonds is 5. The molecule has 0 aliphatic carbocycles. The Morgan fingerprint density at radius 2 is 1.59 bits per heavy atom. The molecule has 0 saturated carbocycles. The van der Waals surface area contributed by atoms with Crippen LogP contribution < -0.4 is 4.90 Å². The van der Waals surface area contributed by atoms with Gasteiger partial charge in [0.2, 0.25) is 0 Å². The highest BCUT2D eigenvalue weighted by molar-refractivity contribution is 5.99. The Labute approximate surface area is 131 Å². The minimum Gasteiger partial charge on any atom is -0.342 e. The first-order chi connectivity index (χ1) is 10.6. The fraction of sp³-hybridized carbons (Fsp3) is 0.222. The van der Waals surface area contributed by atoms with Crippen LogP contribution in [0, 0.1) is 0 Å². The third-order valence-corrected chi connectivity index (χ3v) is 3.29. The molecular weight excluding hydrogens is 276 g/mol. The second-order valence-corrected chi connectivity index (χ2v) is 4.89. The van der Waals surface area contributed by atoms with E-state index < -0.39 is 5.97 Å². The smallest absolute Gasteiger partial charge is 0.331 e. The highest BCUT2D eigenvalue weighted by atomic mass is 16.7. The van der Waals surface area contributed by atoms with E-state index in [1.165, 1.54) is 6.92 Å². The van der Waals surface area contributed by atoms with Gasteiger partial charge in [0.25, 0.3) is 0 Å². The molecule has 0 atom stereocenters. The van der Waals surface area contributed by atoms with Gasteiger partial charge in [-0.3, -0.25) is 0 Å². The standard InChI is InChI=1S/C18H20N2O2/c1-4-20(17-8-6-5-7-9-17)18-12-10-16(11-13-18)14(2)19-22-15(3)21/h5-13H,4H2,1-3H3/b19-14-. The van der Waals surface area contributed by atoms with E-state index in [-0.39, 0.29) is 0 Å². The number of carbonyl (C=O) groups excluding carboxylic acids is 1. The van der Waals surface area contributed by atoms with Gasteiger partial charge in [0.1, 0.15) is 0 Å². The van der Waals surface area contributed by atoms with Crippen LogP contribution in [-0.2, 0) is 9.63 Å². The minimum atomic E-state index is -0.419. The van der Waals surface area contributed by atoms with Crippen molar-refractivity contribution in [2.24, 2.45) is 5.16 Å². The molecule has 0 heterocycles. The second kappa shape index (κ2) is 7.41. The number of oxime groups is 1. The summed E-state index contributed by atoms with van der Waals surface area (Å²) < 4.78 is 0. The molecule has 22 heavy (non-hydrogen) atoms. The molecule has 0 aromatic heterocycles. The Balaban J connectivity index is 2.20. The maximum absolute atomic E-state index is 10.8. The van der Waals surface area contributed by atoms with Crippen molar-refractivity contribution in [1.82, 2.24) is 0 Å². The van der Waals surface area contributed by atoms with Crippen molar-refractivity contribution < 1.29 is 9.63 Å². The zero-order valence-electron chi connectivity index (χ0n) is 13.1. The highest BCUT2D eigenvalue weighted by Gasteiger charge is 2.07. The lowest BCUT2D eigenvalue weighted by Crippen LogP contribution is -2.15. The molecule has 0 N–H and O–H groups in total. The molecule has 0 radical (unpaired) electrons. The van der Waals surface area contributed by atoms with Crippen molar-refractivity contribution in [3.05, 3.63) is 60.2 Å². The quantitative estimate of drug-likeness (QED) is 0.473. The molecule has 0 spiro atoms. The molecule has 0 bridgehead atoms. The van der Waals surface area contributed by atoms with Crippen LogP contribution in [0.5, 0.6) is 0 Å². The number of para-hydroxylation sites is 1. The number of benzene rings is 2. The van der Waals surface area contributed by atoms with Gasteiger partial charge in [0, 0.05) is 24.8 Å². The monoisotopic (exact) mass is 296 g/mol. The van der Waals surface area contributed by atoms with E-state index in [2.05, 4.69) is 33.9 Å². The molecule has 2 rings (SSSR count). The molecule has 2 aromatic rings. The lowest BCUT2D eigenvalue weighted by Gasteiger charge is -2.23. The summed E-state index contributed by atoms with van der Waals surface area (Å²) in [5.41, 5.74) is 3.86. The molecule has 0 fully saturated rings. The van der Waals surface area contributed by atoms with Crippen molar-refractivity contribution in [3.63, 3.8) is 0 Å². The number of carbonyl (C=O) groups is 1. The Morgan fingerprint density at radius 3 is 2.14 bits per heavy atom. The summed E-state index contributed by atoms with van der Waals surface area (Å²) in [4.78, 5) is 17.7. The molecule has 0 amide bonds. The Hall–Kier alpha value is -2.62. The molecule has 114 valence electrons. The molecule has 4 nitrogen and oxygen atoms in total. The predicted molar refractivity (Wildman–Crippen MR) is 89.5 cm³/mol. The van der Waals surface area contributed by atoms with Crippen LogP contribution in [0.4, 0.5) is 11.4 Å². The van der Waals surface area contributed by atoms with Crippen LogP contribution in [0.1, 0.15) is 26.3 Å². The normalized spacial score (nSPS) is 11.1. The topological polar surface area (TPSA) is 41.9 Å². The van der Waals surface area contributed by atoms with Gasteiger partial charge in [0.15, 0.2) is 0 Å². The van der Waals surface area contributed by atoms with Crippen LogP contribution in [0.15, 0.2) is 59.8 Å². The van der Waals surface area contributed by atoms with E-state index in [1.54, 1.807) is 0 Å². The fourth-order valence-electron chi connectivity index (χ4n) is 2.19. The zero-order chi connectivity index (χ0) is 15.9. The summed E-state index contributed by atoms with van der Waals surface area (Å²) in [5, 5.41) is 3.80. The minimum absolute atomic E-state index is 0.419. The third kappa shape index (κ3) is 3.95. The number of nitrogens with zero attached hydrogens (tertiary/aromatic N) is 2. The largest absolute Gasteiger partial charge is 0.342 e. The molecule has 4 heteroatoms. The average Bonchev–Trinajstić information content (AvgIpc) is 2.55. The van der Waals surface area contributed by atoms with Gasteiger partial charge in [-0.25, -0.2) is 4.79 Å². The van der Waals surface area contributed by atoms with Crippen molar-refractivity contribution in [2.75, 3.05) is 11.4 Å². The highest BCUT2D eigenvalue weighted by Crippen LogP contribution is 2.25. The van der Waals surface area contributed by atoms with E-state index in [9.17, 15) is 4.79 Å². The van der Waals surface area contributed by atoms with E-state index >= 15 is 0 Å². The number of hydrogen-bond donors (Lipinski definition) is 0. The van der Waals surface area contributed by atoms with E-state index in [4.69, 9.17) is 0 Å². The molecular formula is C18H20N2O2. The Morgan fingerprint density at radius 1 is 1.00 bits per heavy atom. The Kier molecular flexibility index (Phi) is 5.31. The van der Waals surface area contributed by atoms with E-state index in [1.807, 2.05) is 49.4 Å². The third-order valence-electron chi connectivity index (χ3n) is 3.29. The summed E-state index contributed by atoms with van der Waals surface area (Å²) in [6, 6.07) is 18.3. The van der Waals surface area contributed by atoms with Gasteiger partial charge >= 0.3 is 5.97 Å². The zero-order valence-corrected chi connectivity index (χ0v) is 13.1. The van der Waals surface area contributed by atoms with E-state index in [0.29, 0.717) is 5.71 Å². The number of hydrogen-bond acceptors (Lipinski definition) is 4. The van der Waals surface area contributed by atoms with Crippen molar-refractivity contribution in [3.8, 4) is 0 Å². The van der Waals surface area contributed by atoms with Gasteiger partial charge in [-0.15, -0.1) is 0 Å². The Bertz CT molecular complexity index is 649. The summed E-state index contributed by atoms with van der Waals surface area (Å²) in [5.74, 6) is -0.419. The van der Waals surface area contributed by atoms with Crippen molar-refractivity contribution >= 4 is 23.1 Å². The summed E-state index contributed by atoms with van der Waals surface area (Å²) >= 11 is 0. The maximum Gasteiger partial charge on any atom is 0.331 e. The second-order valence-electron chi connectivity index (χ2n) is 4.89. The van der Waals surface area contributed by atoms with Crippen LogP contribution >= 0.6 is 0 Å². The van der Waals surface area contributed by atoms with Crippen LogP contribution in [-0.4, -0.2) is 18.2 Å². The van der Waals surface area contributed by atoms with Gasteiger partial charge in [-0.05, 0) is 43.7 Å². The van der Waals surface area contributed by atoms with Crippen molar-refractivity contribution in [2.45, 2.75) is 20.8 Å². The average molecular weight is 296 g/mol. The first kappa shape index (κ1) is 15.8. The lowest BCUT2D eigenvalue weighted by atomic mass is 10.1. The maximum atomic E-state index is 10.8. The summed E-state index contributed by atoms with van der Waals surface area (Å²) in [6.07, 6.45) is 0. The van der Waals surface area contributed by atoms with Crippen LogP contribution in [0.2, 0.25) is 0 Å². The number of anilines is 2. The summed E-state index contributed by atoms with van der Waals surface area (Å²) in [7, 11) is 0. The molecule has 0 saturated heterocycles.